The van der Waals surface area contributed by atoms with Crippen molar-refractivity contribution in [3.8, 4) is 0 Å². The molecular formula is C18H26. The van der Waals surface area contributed by atoms with Gasteiger partial charge in [0, 0.05) is 0 Å². The minimum Gasteiger partial charge on any atom is -0.0988 e. The molecule has 18 heavy (non-hydrogen) atoms. The Morgan fingerprint density at radius 3 is 2.11 bits per heavy atom. The first-order valence-electron chi connectivity index (χ1n) is 6.60. The van der Waals surface area contributed by atoms with Gasteiger partial charge in [0.1, 0.15) is 0 Å². The minimum atomic E-state index is 1.18. The Balaban J connectivity index is 0.00000137. The van der Waals surface area contributed by atoms with Crippen molar-refractivity contribution in [3.63, 3.8) is 0 Å². The zero-order valence-electron chi connectivity index (χ0n) is 12.7. The van der Waals surface area contributed by atoms with Crippen molar-refractivity contribution >= 4 is 5.57 Å². The molecule has 1 aromatic carbocycles. The SMILES string of the molecule is C=C/C(C)=C\C=C(/C)c1ccc(C)c(C)c1.CC. The van der Waals surface area contributed by atoms with Crippen molar-refractivity contribution < 1.29 is 0 Å². The van der Waals surface area contributed by atoms with Crippen LogP contribution in [-0.2, 0) is 0 Å². The highest BCUT2D eigenvalue weighted by molar-refractivity contribution is 5.66. The van der Waals surface area contributed by atoms with Crippen LogP contribution in [-0.4, -0.2) is 0 Å². The van der Waals surface area contributed by atoms with Gasteiger partial charge in [0.15, 0.2) is 0 Å². The molecule has 0 nitrogen and oxygen atoms in total. The fraction of sp³-hybridized carbons (Fsp3) is 0.333. The Bertz CT molecular complexity index is 445. The number of hydrogen-bond acceptors (Lipinski definition) is 0. The van der Waals surface area contributed by atoms with Crippen molar-refractivity contribution in [2.24, 2.45) is 0 Å². The first-order chi connectivity index (χ1) is 8.54. The number of rotatable bonds is 3. The Morgan fingerprint density at radius 1 is 1.00 bits per heavy atom. The first kappa shape index (κ1) is 16.4. The molecule has 0 spiro atoms. The van der Waals surface area contributed by atoms with Crippen LogP contribution in [0.25, 0.3) is 5.57 Å². The molecule has 0 amide bonds. The molecule has 0 aliphatic carbocycles. The van der Waals surface area contributed by atoms with Gasteiger partial charge in [-0.15, -0.1) is 0 Å². The molecule has 0 atom stereocenters. The van der Waals surface area contributed by atoms with Crippen LogP contribution in [0.5, 0.6) is 0 Å². The van der Waals surface area contributed by atoms with Crippen molar-refractivity contribution in [2.45, 2.75) is 41.5 Å². The lowest BCUT2D eigenvalue weighted by Crippen LogP contribution is -1.85. The third-order valence-corrected chi connectivity index (χ3v) is 2.88. The van der Waals surface area contributed by atoms with Crippen LogP contribution < -0.4 is 0 Å². The summed E-state index contributed by atoms with van der Waals surface area (Å²) in [5, 5.41) is 0. The summed E-state index contributed by atoms with van der Waals surface area (Å²) in [7, 11) is 0. The molecule has 0 aliphatic heterocycles. The summed E-state index contributed by atoms with van der Waals surface area (Å²) in [4.78, 5) is 0. The van der Waals surface area contributed by atoms with E-state index < -0.39 is 0 Å². The highest BCUT2D eigenvalue weighted by Gasteiger charge is 1.97. The lowest BCUT2D eigenvalue weighted by Gasteiger charge is -2.05. The van der Waals surface area contributed by atoms with Gasteiger partial charge in [0.25, 0.3) is 0 Å². The molecule has 0 saturated heterocycles. The fourth-order valence-corrected chi connectivity index (χ4v) is 1.41. The van der Waals surface area contributed by atoms with Crippen LogP contribution in [0.2, 0.25) is 0 Å². The maximum atomic E-state index is 3.74. The van der Waals surface area contributed by atoms with E-state index in [0.717, 1.165) is 0 Å². The fourth-order valence-electron chi connectivity index (χ4n) is 1.41. The molecule has 0 saturated carbocycles. The van der Waals surface area contributed by atoms with E-state index in [9.17, 15) is 0 Å². The lowest BCUT2D eigenvalue weighted by atomic mass is 10.0. The van der Waals surface area contributed by atoms with Gasteiger partial charge in [-0.2, -0.15) is 0 Å². The van der Waals surface area contributed by atoms with Crippen molar-refractivity contribution in [2.75, 3.05) is 0 Å². The molecular weight excluding hydrogens is 216 g/mol. The summed E-state index contributed by atoms with van der Waals surface area (Å²) < 4.78 is 0. The van der Waals surface area contributed by atoms with Crippen LogP contribution in [0.4, 0.5) is 0 Å². The van der Waals surface area contributed by atoms with Crippen molar-refractivity contribution in [1.82, 2.24) is 0 Å². The molecule has 0 aromatic heterocycles. The molecule has 0 heterocycles. The second-order valence-electron chi connectivity index (χ2n) is 4.26. The average Bonchev–Trinajstić information content (AvgIpc) is 2.41. The van der Waals surface area contributed by atoms with Gasteiger partial charge < -0.3 is 0 Å². The molecule has 1 rings (SSSR count). The molecule has 0 aliphatic rings. The molecule has 0 N–H and O–H groups in total. The van der Waals surface area contributed by atoms with Gasteiger partial charge in [-0.3, -0.25) is 0 Å². The van der Waals surface area contributed by atoms with E-state index in [1.165, 1.54) is 27.8 Å². The van der Waals surface area contributed by atoms with Gasteiger partial charge in [0.2, 0.25) is 0 Å². The third-order valence-electron chi connectivity index (χ3n) is 2.88. The van der Waals surface area contributed by atoms with E-state index in [1.54, 1.807) is 0 Å². The molecule has 0 radical (unpaired) electrons. The van der Waals surface area contributed by atoms with Crippen molar-refractivity contribution in [3.05, 3.63) is 65.3 Å². The lowest BCUT2D eigenvalue weighted by molar-refractivity contribution is 1.33. The standard InChI is InChI=1S/C16H20.C2H6/c1-6-12(2)7-8-14(4)16-10-9-13(3)15(5)11-16;1-2/h6-11H,1H2,2-5H3;1-2H3/b12-7-,14-8+;. The zero-order valence-corrected chi connectivity index (χ0v) is 12.7. The Morgan fingerprint density at radius 2 is 1.61 bits per heavy atom. The van der Waals surface area contributed by atoms with E-state index in [0.29, 0.717) is 0 Å². The van der Waals surface area contributed by atoms with Gasteiger partial charge in [-0.1, -0.05) is 62.4 Å². The minimum absolute atomic E-state index is 1.18. The molecule has 0 fully saturated rings. The summed E-state index contributed by atoms with van der Waals surface area (Å²) in [6.07, 6.45) is 6.10. The van der Waals surface area contributed by atoms with Gasteiger partial charge in [-0.05, 0) is 50.0 Å². The summed E-state index contributed by atoms with van der Waals surface area (Å²) in [5.74, 6) is 0. The maximum Gasteiger partial charge on any atom is -0.0225 e. The monoisotopic (exact) mass is 242 g/mol. The number of aryl methyl sites for hydroxylation is 2. The second kappa shape index (κ2) is 8.52. The molecule has 1 aromatic rings. The van der Waals surface area contributed by atoms with Crippen LogP contribution in [0.3, 0.4) is 0 Å². The highest BCUT2D eigenvalue weighted by Crippen LogP contribution is 2.18. The topological polar surface area (TPSA) is 0 Å². The van der Waals surface area contributed by atoms with E-state index in [-0.39, 0.29) is 0 Å². The van der Waals surface area contributed by atoms with Gasteiger partial charge in [-0.25, -0.2) is 0 Å². The van der Waals surface area contributed by atoms with Crippen LogP contribution >= 0.6 is 0 Å². The van der Waals surface area contributed by atoms with E-state index in [4.69, 9.17) is 0 Å². The normalized spacial score (nSPS) is 11.7. The summed E-state index contributed by atoms with van der Waals surface area (Å²) >= 11 is 0. The summed E-state index contributed by atoms with van der Waals surface area (Å²) in [6, 6.07) is 6.58. The number of hydrogen-bond donors (Lipinski definition) is 0. The Labute approximate surface area is 113 Å². The van der Waals surface area contributed by atoms with E-state index >= 15 is 0 Å². The second-order valence-corrected chi connectivity index (χ2v) is 4.26. The molecule has 0 bridgehead atoms. The smallest absolute Gasteiger partial charge is 0.0225 e. The third kappa shape index (κ3) is 5.18. The van der Waals surface area contributed by atoms with E-state index in [1.807, 2.05) is 19.9 Å². The van der Waals surface area contributed by atoms with Crippen LogP contribution in [0.1, 0.15) is 44.4 Å². The summed E-state index contributed by atoms with van der Waals surface area (Å²) in [6.45, 7) is 16.2. The predicted octanol–water partition coefficient (Wildman–Crippen LogP) is 5.87. The zero-order chi connectivity index (χ0) is 14.1. The first-order valence-corrected chi connectivity index (χ1v) is 6.60. The largest absolute Gasteiger partial charge is 0.0988 e. The van der Waals surface area contributed by atoms with Crippen molar-refractivity contribution in [1.29, 1.82) is 0 Å². The Hall–Kier alpha value is -1.56. The molecule has 0 heteroatoms. The highest BCUT2D eigenvalue weighted by atomic mass is 14.0. The number of benzene rings is 1. The van der Waals surface area contributed by atoms with Crippen LogP contribution in [0, 0.1) is 13.8 Å². The predicted molar refractivity (Wildman–Crippen MR) is 84.9 cm³/mol. The number of allylic oxidation sites excluding steroid dienone is 5. The summed E-state index contributed by atoms with van der Waals surface area (Å²) in [5.41, 5.74) is 6.44. The maximum absolute atomic E-state index is 3.74. The van der Waals surface area contributed by atoms with Crippen LogP contribution in [0.15, 0.2) is 48.6 Å². The van der Waals surface area contributed by atoms with Gasteiger partial charge in [0.05, 0.1) is 0 Å². The van der Waals surface area contributed by atoms with Gasteiger partial charge >= 0.3 is 0 Å². The Kier molecular flexibility index (Phi) is 7.78. The average molecular weight is 242 g/mol. The quantitative estimate of drug-likeness (QED) is 0.582. The molecule has 0 unspecified atom stereocenters. The molecule has 98 valence electrons. The van der Waals surface area contributed by atoms with E-state index in [2.05, 4.69) is 64.6 Å².